The molecule has 0 atom stereocenters. The molecule has 0 bridgehead atoms. The van der Waals surface area contributed by atoms with E-state index in [1.165, 1.54) is 0 Å². The van der Waals surface area contributed by atoms with Gasteiger partial charge in [-0.1, -0.05) is 12.0 Å². The first-order chi connectivity index (χ1) is 9.63. The van der Waals surface area contributed by atoms with E-state index in [9.17, 15) is 4.79 Å². The largest absolute Gasteiger partial charge is 0.481 e. The minimum atomic E-state index is -0.0135. The van der Waals surface area contributed by atoms with E-state index in [0.29, 0.717) is 6.61 Å². The lowest BCUT2D eigenvalue weighted by Crippen LogP contribution is -2.16. The molecule has 1 aromatic heterocycles. The maximum atomic E-state index is 11.7. The molecule has 2 aromatic rings. The maximum Gasteiger partial charge on any atom is 0.250 e. The fourth-order valence-electron chi connectivity index (χ4n) is 2.04. The van der Waals surface area contributed by atoms with Crippen molar-refractivity contribution in [2.45, 2.75) is 13.8 Å². The number of ether oxygens (including phenoxy) is 1. The first-order valence-corrected chi connectivity index (χ1v) is 6.43. The van der Waals surface area contributed by atoms with E-state index in [4.69, 9.17) is 4.74 Å². The molecule has 3 nitrogen and oxygen atoms in total. The molecule has 1 aromatic carbocycles. The van der Waals surface area contributed by atoms with Crippen LogP contribution in [0.15, 0.2) is 41.2 Å². The number of rotatable bonds is 3. The molecule has 0 amide bonds. The molecule has 0 saturated carbocycles. The highest BCUT2D eigenvalue weighted by Crippen LogP contribution is 2.25. The van der Waals surface area contributed by atoms with Gasteiger partial charge in [0, 0.05) is 18.7 Å². The van der Waals surface area contributed by atoms with E-state index in [0.717, 1.165) is 22.6 Å². The second-order valence-corrected chi connectivity index (χ2v) is 4.50. The predicted molar refractivity (Wildman–Crippen MR) is 80.8 cm³/mol. The van der Waals surface area contributed by atoms with Crippen molar-refractivity contribution >= 4 is 0 Å². The van der Waals surface area contributed by atoms with Crippen molar-refractivity contribution in [3.05, 3.63) is 52.3 Å². The van der Waals surface area contributed by atoms with E-state index < -0.39 is 0 Å². The van der Waals surface area contributed by atoms with Crippen LogP contribution in [-0.4, -0.2) is 11.2 Å². The highest BCUT2D eigenvalue weighted by atomic mass is 16.5. The molecule has 0 spiro atoms. The summed E-state index contributed by atoms with van der Waals surface area (Å²) in [7, 11) is 1.78. The Morgan fingerprint density at radius 1 is 1.25 bits per heavy atom. The normalized spacial score (nSPS) is 9.75. The molecule has 0 unspecified atom stereocenters. The molecule has 1 heterocycles. The van der Waals surface area contributed by atoms with Gasteiger partial charge in [0.1, 0.15) is 12.4 Å². The highest BCUT2D eigenvalue weighted by Gasteiger charge is 2.07. The fourth-order valence-corrected chi connectivity index (χ4v) is 2.04. The monoisotopic (exact) mass is 267 g/mol. The van der Waals surface area contributed by atoms with Gasteiger partial charge in [0.05, 0.1) is 5.69 Å². The van der Waals surface area contributed by atoms with Crippen molar-refractivity contribution in [3.8, 4) is 28.8 Å². The summed E-state index contributed by atoms with van der Waals surface area (Å²) in [6.07, 6.45) is 0. The Morgan fingerprint density at radius 3 is 2.75 bits per heavy atom. The van der Waals surface area contributed by atoms with Gasteiger partial charge in [0.15, 0.2) is 0 Å². The number of benzene rings is 1. The fraction of sp³-hybridized carbons (Fsp3) is 0.235. The third kappa shape index (κ3) is 2.92. The van der Waals surface area contributed by atoms with Gasteiger partial charge in [-0.3, -0.25) is 4.79 Å². The molecule has 3 heteroatoms. The molecule has 0 aliphatic carbocycles. The Hall–Kier alpha value is -2.47. The summed E-state index contributed by atoms with van der Waals surface area (Å²) in [6, 6.07) is 11.1. The van der Waals surface area contributed by atoms with Crippen LogP contribution in [0.4, 0.5) is 0 Å². The van der Waals surface area contributed by atoms with Crippen LogP contribution in [0, 0.1) is 18.8 Å². The zero-order chi connectivity index (χ0) is 14.5. The molecule has 102 valence electrons. The van der Waals surface area contributed by atoms with Gasteiger partial charge >= 0.3 is 0 Å². The van der Waals surface area contributed by atoms with Gasteiger partial charge in [0.25, 0.3) is 5.56 Å². The van der Waals surface area contributed by atoms with Gasteiger partial charge in [-0.2, -0.15) is 0 Å². The average Bonchev–Trinajstić information content (AvgIpc) is 2.43. The van der Waals surface area contributed by atoms with E-state index in [-0.39, 0.29) is 5.56 Å². The summed E-state index contributed by atoms with van der Waals surface area (Å²) in [5.41, 5.74) is 2.97. The summed E-state index contributed by atoms with van der Waals surface area (Å²) in [6.45, 7) is 4.18. The molecule has 0 saturated heterocycles. The van der Waals surface area contributed by atoms with Crippen LogP contribution in [0.5, 0.6) is 5.75 Å². The van der Waals surface area contributed by atoms with Crippen molar-refractivity contribution in [2.75, 3.05) is 6.61 Å². The molecule has 0 N–H and O–H groups in total. The smallest absolute Gasteiger partial charge is 0.250 e. The summed E-state index contributed by atoms with van der Waals surface area (Å²) in [5.74, 6) is 6.44. The Labute approximate surface area is 118 Å². The minimum absolute atomic E-state index is 0.0135. The average molecular weight is 267 g/mol. The van der Waals surface area contributed by atoms with Gasteiger partial charge in [-0.25, -0.2) is 0 Å². The van der Waals surface area contributed by atoms with Gasteiger partial charge < -0.3 is 9.30 Å². The van der Waals surface area contributed by atoms with E-state index in [2.05, 4.69) is 11.8 Å². The van der Waals surface area contributed by atoms with Crippen LogP contribution in [0.2, 0.25) is 0 Å². The summed E-state index contributed by atoms with van der Waals surface area (Å²) < 4.78 is 7.17. The van der Waals surface area contributed by atoms with Crippen LogP contribution in [-0.2, 0) is 7.05 Å². The Bertz CT molecular complexity index is 733. The first kappa shape index (κ1) is 14.0. The molecule has 0 fully saturated rings. The second kappa shape index (κ2) is 6.12. The lowest BCUT2D eigenvalue weighted by Gasteiger charge is -2.12. The summed E-state index contributed by atoms with van der Waals surface area (Å²) in [5, 5.41) is 0. The quantitative estimate of drug-likeness (QED) is 0.801. The molecule has 20 heavy (non-hydrogen) atoms. The van der Waals surface area contributed by atoms with Crippen molar-refractivity contribution in [1.82, 2.24) is 4.57 Å². The van der Waals surface area contributed by atoms with Crippen LogP contribution in [0.25, 0.3) is 11.3 Å². The van der Waals surface area contributed by atoms with Crippen molar-refractivity contribution in [2.24, 2.45) is 7.05 Å². The molecular weight excluding hydrogens is 250 g/mol. The maximum absolute atomic E-state index is 11.7. The van der Waals surface area contributed by atoms with Gasteiger partial charge in [0.2, 0.25) is 0 Å². The Kier molecular flexibility index (Phi) is 4.27. The summed E-state index contributed by atoms with van der Waals surface area (Å²) in [4.78, 5) is 11.7. The highest BCUT2D eigenvalue weighted by molar-refractivity contribution is 5.65. The van der Waals surface area contributed by atoms with Crippen LogP contribution in [0.1, 0.15) is 12.5 Å². The number of aryl methyl sites for hydroxylation is 1. The Morgan fingerprint density at radius 2 is 2.05 bits per heavy atom. The standard InChI is InChI=1S/C17H17NO2/c1-4-5-11-20-14-9-10-15(13(2)12-14)16-7-6-8-17(19)18(16)3/h6-10,12H,11H2,1-3H3. The minimum Gasteiger partial charge on any atom is -0.481 e. The SMILES string of the molecule is CC#CCOc1ccc(-c2cccc(=O)n2C)c(C)c1. The number of pyridine rings is 1. The van der Waals surface area contributed by atoms with Crippen molar-refractivity contribution in [1.29, 1.82) is 0 Å². The van der Waals surface area contributed by atoms with Crippen molar-refractivity contribution < 1.29 is 4.74 Å². The number of nitrogens with zero attached hydrogens (tertiary/aromatic N) is 1. The topological polar surface area (TPSA) is 31.2 Å². The third-order valence-electron chi connectivity index (χ3n) is 3.15. The second-order valence-electron chi connectivity index (χ2n) is 4.50. The van der Waals surface area contributed by atoms with E-state index in [1.807, 2.05) is 31.2 Å². The number of aromatic nitrogens is 1. The number of hydrogen-bond donors (Lipinski definition) is 0. The lowest BCUT2D eigenvalue weighted by molar-refractivity contribution is 0.370. The van der Waals surface area contributed by atoms with Crippen LogP contribution < -0.4 is 10.3 Å². The summed E-state index contributed by atoms with van der Waals surface area (Å²) >= 11 is 0. The third-order valence-corrected chi connectivity index (χ3v) is 3.15. The molecular formula is C17H17NO2. The predicted octanol–water partition coefficient (Wildman–Crippen LogP) is 2.76. The van der Waals surface area contributed by atoms with E-state index in [1.54, 1.807) is 30.7 Å². The zero-order valence-electron chi connectivity index (χ0n) is 11.9. The van der Waals surface area contributed by atoms with Gasteiger partial charge in [-0.15, -0.1) is 5.92 Å². The van der Waals surface area contributed by atoms with E-state index >= 15 is 0 Å². The molecule has 0 radical (unpaired) electrons. The number of hydrogen-bond acceptors (Lipinski definition) is 2. The molecule has 2 rings (SSSR count). The Balaban J connectivity index is 2.36. The van der Waals surface area contributed by atoms with Crippen LogP contribution in [0.3, 0.4) is 0 Å². The zero-order valence-corrected chi connectivity index (χ0v) is 11.9. The first-order valence-electron chi connectivity index (χ1n) is 6.43. The van der Waals surface area contributed by atoms with Crippen molar-refractivity contribution in [3.63, 3.8) is 0 Å². The van der Waals surface area contributed by atoms with Gasteiger partial charge in [-0.05, 0) is 43.7 Å². The lowest BCUT2D eigenvalue weighted by atomic mass is 10.0. The molecule has 0 aliphatic rings. The molecule has 0 aliphatic heterocycles. The van der Waals surface area contributed by atoms with Crippen LogP contribution >= 0.6 is 0 Å².